The summed E-state index contributed by atoms with van der Waals surface area (Å²) in [5, 5.41) is 3.79. The van der Waals surface area contributed by atoms with Gasteiger partial charge in [0, 0.05) is 18.7 Å². The van der Waals surface area contributed by atoms with E-state index in [-0.39, 0.29) is 5.60 Å². The van der Waals surface area contributed by atoms with Crippen LogP contribution in [-0.2, 0) is 4.74 Å². The lowest BCUT2D eigenvalue weighted by atomic mass is 9.74. The molecule has 100 valence electrons. The molecule has 1 heterocycles. The van der Waals surface area contributed by atoms with Gasteiger partial charge in [0.1, 0.15) is 0 Å². The fourth-order valence-electron chi connectivity index (χ4n) is 3.03. The van der Waals surface area contributed by atoms with Crippen LogP contribution in [0.5, 0.6) is 0 Å². The molecule has 2 aliphatic rings. The van der Waals surface area contributed by atoms with Crippen molar-refractivity contribution in [2.45, 2.75) is 63.1 Å². The van der Waals surface area contributed by atoms with E-state index in [1.165, 1.54) is 45.1 Å². The van der Waals surface area contributed by atoms with E-state index >= 15 is 0 Å². The summed E-state index contributed by atoms with van der Waals surface area (Å²) in [5.74, 6) is 0. The Bertz CT molecular complexity index is 238. The highest BCUT2D eigenvalue weighted by atomic mass is 16.5. The van der Waals surface area contributed by atoms with Gasteiger partial charge in [0.2, 0.25) is 0 Å². The number of rotatable bonds is 5. The molecule has 2 atom stereocenters. The highest BCUT2D eigenvalue weighted by Gasteiger charge is 2.42. The third kappa shape index (κ3) is 3.67. The summed E-state index contributed by atoms with van der Waals surface area (Å²) in [6.45, 7) is 4.44. The van der Waals surface area contributed by atoms with Crippen LogP contribution >= 0.6 is 0 Å². The van der Waals surface area contributed by atoms with Crippen LogP contribution in [0, 0.1) is 0 Å². The van der Waals surface area contributed by atoms with Crippen molar-refractivity contribution in [3.63, 3.8) is 0 Å². The zero-order valence-electron chi connectivity index (χ0n) is 11.7. The molecule has 2 unspecified atom stereocenters. The lowest BCUT2D eigenvalue weighted by Crippen LogP contribution is -2.52. The Morgan fingerprint density at radius 3 is 2.76 bits per heavy atom. The molecule has 1 saturated heterocycles. The normalized spacial score (nSPS) is 29.3. The first kappa shape index (κ1) is 13.3. The minimum Gasteiger partial charge on any atom is -0.375 e. The van der Waals surface area contributed by atoms with Gasteiger partial charge in [0.25, 0.3) is 0 Å². The molecule has 1 aliphatic heterocycles. The fraction of sp³-hybridized carbons (Fsp3) is 1.00. The standard InChI is InChI=1S/C14H28N2O/c1-12(5-9-16(2)3)15-13-6-10-17-14(11-13)7-4-8-14/h12-13,15H,4-11H2,1-3H3. The number of hydrogen-bond donors (Lipinski definition) is 1. The van der Waals surface area contributed by atoms with Crippen LogP contribution in [0.4, 0.5) is 0 Å². The van der Waals surface area contributed by atoms with Gasteiger partial charge < -0.3 is 15.0 Å². The van der Waals surface area contributed by atoms with Gasteiger partial charge >= 0.3 is 0 Å². The molecule has 0 bridgehead atoms. The predicted molar refractivity (Wildman–Crippen MR) is 71.3 cm³/mol. The van der Waals surface area contributed by atoms with Crippen LogP contribution < -0.4 is 5.32 Å². The molecular weight excluding hydrogens is 212 g/mol. The van der Waals surface area contributed by atoms with E-state index < -0.39 is 0 Å². The molecule has 2 rings (SSSR count). The van der Waals surface area contributed by atoms with Crippen LogP contribution in [0.1, 0.15) is 45.4 Å². The summed E-state index contributed by atoms with van der Waals surface area (Å²) in [4.78, 5) is 2.26. The lowest BCUT2D eigenvalue weighted by Gasteiger charge is -2.47. The molecule has 0 aromatic rings. The zero-order chi connectivity index (χ0) is 12.3. The second-order valence-electron chi connectivity index (χ2n) is 6.23. The predicted octanol–water partition coefficient (Wildman–Crippen LogP) is 2.02. The zero-order valence-corrected chi connectivity index (χ0v) is 11.7. The molecule has 1 spiro atoms. The molecule has 0 aromatic heterocycles. The average molecular weight is 240 g/mol. The van der Waals surface area contributed by atoms with E-state index in [1.54, 1.807) is 0 Å². The molecule has 0 radical (unpaired) electrons. The minimum atomic E-state index is 0.275. The van der Waals surface area contributed by atoms with Crippen molar-refractivity contribution >= 4 is 0 Å². The largest absolute Gasteiger partial charge is 0.375 e. The summed E-state index contributed by atoms with van der Waals surface area (Å²) in [6.07, 6.45) is 7.60. The van der Waals surface area contributed by atoms with Crippen molar-refractivity contribution in [2.24, 2.45) is 0 Å². The smallest absolute Gasteiger partial charge is 0.0697 e. The summed E-state index contributed by atoms with van der Waals surface area (Å²) in [7, 11) is 4.29. The van der Waals surface area contributed by atoms with Crippen molar-refractivity contribution in [3.05, 3.63) is 0 Å². The van der Waals surface area contributed by atoms with Crippen molar-refractivity contribution < 1.29 is 4.74 Å². The van der Waals surface area contributed by atoms with Gasteiger partial charge in [-0.2, -0.15) is 0 Å². The second-order valence-corrected chi connectivity index (χ2v) is 6.23. The van der Waals surface area contributed by atoms with Gasteiger partial charge in [-0.25, -0.2) is 0 Å². The first-order valence-corrected chi connectivity index (χ1v) is 7.14. The van der Waals surface area contributed by atoms with Crippen molar-refractivity contribution in [2.75, 3.05) is 27.2 Å². The van der Waals surface area contributed by atoms with Crippen LogP contribution in [0.3, 0.4) is 0 Å². The van der Waals surface area contributed by atoms with Crippen molar-refractivity contribution in [1.82, 2.24) is 10.2 Å². The minimum absolute atomic E-state index is 0.275. The topological polar surface area (TPSA) is 24.5 Å². The first-order valence-electron chi connectivity index (χ1n) is 7.14. The van der Waals surface area contributed by atoms with E-state index in [9.17, 15) is 0 Å². The Morgan fingerprint density at radius 2 is 2.18 bits per heavy atom. The summed E-state index contributed by atoms with van der Waals surface area (Å²) in [6, 6.07) is 1.30. The second kappa shape index (κ2) is 5.68. The van der Waals surface area contributed by atoms with Crippen LogP contribution in [0.2, 0.25) is 0 Å². The lowest BCUT2D eigenvalue weighted by molar-refractivity contribution is -0.136. The van der Waals surface area contributed by atoms with Crippen LogP contribution in [0.15, 0.2) is 0 Å². The van der Waals surface area contributed by atoms with E-state index in [2.05, 4.69) is 31.2 Å². The maximum atomic E-state index is 5.96. The summed E-state index contributed by atoms with van der Waals surface area (Å²) >= 11 is 0. The summed E-state index contributed by atoms with van der Waals surface area (Å²) in [5.41, 5.74) is 0.275. The molecule has 0 amide bonds. The maximum absolute atomic E-state index is 5.96. The Labute approximate surface area is 106 Å². The van der Waals surface area contributed by atoms with E-state index in [0.717, 1.165) is 6.61 Å². The monoisotopic (exact) mass is 240 g/mol. The molecule has 17 heavy (non-hydrogen) atoms. The average Bonchev–Trinajstić information content (AvgIpc) is 2.25. The quantitative estimate of drug-likeness (QED) is 0.795. The third-order valence-electron chi connectivity index (χ3n) is 4.29. The molecule has 1 aliphatic carbocycles. The number of ether oxygens (including phenoxy) is 1. The van der Waals surface area contributed by atoms with Gasteiger partial charge in [-0.3, -0.25) is 0 Å². The molecule has 0 aromatic carbocycles. The van der Waals surface area contributed by atoms with Gasteiger partial charge in [-0.15, -0.1) is 0 Å². The molecule has 3 heteroatoms. The number of hydrogen-bond acceptors (Lipinski definition) is 3. The highest BCUT2D eigenvalue weighted by molar-refractivity contribution is 4.96. The van der Waals surface area contributed by atoms with Gasteiger partial charge in [-0.1, -0.05) is 0 Å². The first-order chi connectivity index (χ1) is 8.10. The van der Waals surface area contributed by atoms with Crippen LogP contribution in [0.25, 0.3) is 0 Å². The molecule has 3 nitrogen and oxygen atoms in total. The Kier molecular flexibility index (Phi) is 4.45. The Morgan fingerprint density at radius 1 is 1.41 bits per heavy atom. The fourth-order valence-corrected chi connectivity index (χ4v) is 3.03. The van der Waals surface area contributed by atoms with E-state index in [4.69, 9.17) is 4.74 Å². The maximum Gasteiger partial charge on any atom is 0.0697 e. The van der Waals surface area contributed by atoms with Crippen molar-refractivity contribution in [1.29, 1.82) is 0 Å². The Hall–Kier alpha value is -0.120. The molecule has 1 saturated carbocycles. The highest BCUT2D eigenvalue weighted by Crippen LogP contribution is 2.42. The van der Waals surface area contributed by atoms with Crippen LogP contribution in [-0.4, -0.2) is 49.8 Å². The summed E-state index contributed by atoms with van der Waals surface area (Å²) < 4.78 is 5.96. The van der Waals surface area contributed by atoms with Crippen molar-refractivity contribution in [3.8, 4) is 0 Å². The van der Waals surface area contributed by atoms with E-state index in [1.807, 2.05) is 0 Å². The molecular formula is C14H28N2O. The van der Waals surface area contributed by atoms with Gasteiger partial charge in [0.05, 0.1) is 5.60 Å². The SMILES string of the molecule is CC(CCN(C)C)NC1CCOC2(CCC2)C1. The van der Waals surface area contributed by atoms with Gasteiger partial charge in [-0.05, 0) is 66.1 Å². The Balaban J connectivity index is 1.71. The molecule has 1 N–H and O–H groups in total. The van der Waals surface area contributed by atoms with Gasteiger partial charge in [0.15, 0.2) is 0 Å². The third-order valence-corrected chi connectivity index (χ3v) is 4.29. The van der Waals surface area contributed by atoms with E-state index in [0.29, 0.717) is 12.1 Å². The number of nitrogens with zero attached hydrogens (tertiary/aromatic N) is 1. The molecule has 2 fully saturated rings. The number of nitrogens with one attached hydrogen (secondary N) is 1.